The number of aliphatic carboxylic acids is 1. The normalized spacial score (nSPS) is 16.0. The SMILES string of the molecule is COCCC1(Cn2c(C)c(CC(=O)O)c(C)nc2=O)CC1. The summed E-state index contributed by atoms with van der Waals surface area (Å²) in [6.45, 7) is 4.77. The second-order valence-electron chi connectivity index (χ2n) is 5.94. The van der Waals surface area contributed by atoms with Crippen LogP contribution >= 0.6 is 0 Å². The Morgan fingerprint density at radius 3 is 2.62 bits per heavy atom. The van der Waals surface area contributed by atoms with E-state index in [0.29, 0.717) is 24.4 Å². The number of hydrogen-bond acceptors (Lipinski definition) is 4. The van der Waals surface area contributed by atoms with E-state index >= 15 is 0 Å². The number of methoxy groups -OCH3 is 1. The highest BCUT2D eigenvalue weighted by Gasteiger charge is 2.43. The van der Waals surface area contributed by atoms with Crippen molar-refractivity contribution in [1.29, 1.82) is 0 Å². The molecule has 0 saturated heterocycles. The molecule has 0 amide bonds. The summed E-state index contributed by atoms with van der Waals surface area (Å²) < 4.78 is 6.76. The minimum Gasteiger partial charge on any atom is -0.481 e. The lowest BCUT2D eigenvalue weighted by Crippen LogP contribution is -2.31. The number of hydrogen-bond donors (Lipinski definition) is 1. The molecule has 1 heterocycles. The lowest BCUT2D eigenvalue weighted by atomic mass is 10.0. The quantitative estimate of drug-likeness (QED) is 0.820. The van der Waals surface area contributed by atoms with Gasteiger partial charge in [-0.3, -0.25) is 9.36 Å². The molecule has 116 valence electrons. The van der Waals surface area contributed by atoms with Crippen LogP contribution < -0.4 is 5.69 Å². The topological polar surface area (TPSA) is 81.4 Å². The Labute approximate surface area is 123 Å². The number of rotatable bonds is 7. The molecule has 1 aliphatic carbocycles. The molecular formula is C15H22N2O4. The van der Waals surface area contributed by atoms with Crippen LogP contribution in [-0.2, 0) is 22.5 Å². The van der Waals surface area contributed by atoms with E-state index in [1.54, 1.807) is 25.5 Å². The van der Waals surface area contributed by atoms with Gasteiger partial charge < -0.3 is 9.84 Å². The molecule has 1 aliphatic rings. The summed E-state index contributed by atoms with van der Waals surface area (Å²) in [4.78, 5) is 27.1. The van der Waals surface area contributed by atoms with Gasteiger partial charge in [0.1, 0.15) is 0 Å². The first kappa shape index (κ1) is 15.7. The molecule has 0 radical (unpaired) electrons. The Bertz CT molecular complexity index is 602. The number of ether oxygens (including phenoxy) is 1. The fourth-order valence-corrected chi connectivity index (χ4v) is 2.75. The van der Waals surface area contributed by atoms with Crippen LogP contribution in [0, 0.1) is 19.3 Å². The Balaban J connectivity index is 2.31. The highest BCUT2D eigenvalue weighted by molar-refractivity contribution is 5.70. The van der Waals surface area contributed by atoms with E-state index in [-0.39, 0.29) is 17.5 Å². The number of carboxylic acids is 1. The van der Waals surface area contributed by atoms with E-state index < -0.39 is 5.97 Å². The van der Waals surface area contributed by atoms with Gasteiger partial charge in [0, 0.05) is 37.2 Å². The zero-order valence-corrected chi connectivity index (χ0v) is 12.8. The molecule has 2 rings (SSSR count). The van der Waals surface area contributed by atoms with Crippen molar-refractivity contribution >= 4 is 5.97 Å². The smallest absolute Gasteiger partial charge is 0.347 e. The molecule has 0 aliphatic heterocycles. The number of carboxylic acid groups (broad SMARTS) is 1. The van der Waals surface area contributed by atoms with E-state index in [9.17, 15) is 9.59 Å². The fraction of sp³-hybridized carbons (Fsp3) is 0.667. The Kier molecular flexibility index (Phi) is 4.46. The van der Waals surface area contributed by atoms with E-state index in [1.807, 2.05) is 0 Å². The predicted molar refractivity (Wildman–Crippen MR) is 77.5 cm³/mol. The molecule has 1 saturated carbocycles. The second kappa shape index (κ2) is 5.97. The van der Waals surface area contributed by atoms with Crippen molar-refractivity contribution in [3.63, 3.8) is 0 Å². The maximum absolute atomic E-state index is 12.2. The van der Waals surface area contributed by atoms with Crippen LogP contribution in [0.5, 0.6) is 0 Å². The second-order valence-corrected chi connectivity index (χ2v) is 5.94. The third-order valence-corrected chi connectivity index (χ3v) is 4.39. The van der Waals surface area contributed by atoms with Gasteiger partial charge >= 0.3 is 11.7 Å². The summed E-state index contributed by atoms with van der Waals surface area (Å²) >= 11 is 0. The Hall–Kier alpha value is -1.69. The van der Waals surface area contributed by atoms with Gasteiger partial charge in [-0.15, -0.1) is 0 Å². The van der Waals surface area contributed by atoms with Crippen molar-refractivity contribution in [2.75, 3.05) is 13.7 Å². The van der Waals surface area contributed by atoms with Crippen LogP contribution in [0.3, 0.4) is 0 Å². The molecule has 1 aromatic heterocycles. The minimum absolute atomic E-state index is 0.101. The number of aryl methyl sites for hydroxylation is 1. The molecule has 6 nitrogen and oxygen atoms in total. The van der Waals surface area contributed by atoms with Crippen molar-refractivity contribution in [2.45, 2.75) is 46.1 Å². The average molecular weight is 294 g/mol. The van der Waals surface area contributed by atoms with E-state index in [4.69, 9.17) is 9.84 Å². The first-order valence-corrected chi connectivity index (χ1v) is 7.16. The van der Waals surface area contributed by atoms with Crippen LogP contribution in [0.25, 0.3) is 0 Å². The first-order chi connectivity index (χ1) is 9.88. The molecule has 0 atom stereocenters. The van der Waals surface area contributed by atoms with Crippen LogP contribution in [0.1, 0.15) is 36.2 Å². The molecule has 1 N–H and O–H groups in total. The van der Waals surface area contributed by atoms with Crippen LogP contribution in [0.15, 0.2) is 4.79 Å². The summed E-state index contributed by atoms with van der Waals surface area (Å²) in [5.74, 6) is -0.909. The summed E-state index contributed by atoms with van der Waals surface area (Å²) in [5, 5.41) is 9.01. The van der Waals surface area contributed by atoms with Crippen LogP contribution in [-0.4, -0.2) is 34.3 Å². The minimum atomic E-state index is -0.909. The molecule has 0 bridgehead atoms. The molecular weight excluding hydrogens is 272 g/mol. The number of carbonyl (C=O) groups is 1. The standard InChI is InChI=1S/C15H22N2O4/c1-10-12(8-13(18)19)11(2)17(14(20)16-10)9-15(4-5-15)6-7-21-3/h4-9H2,1-3H3,(H,18,19). The molecule has 1 fully saturated rings. The van der Waals surface area contributed by atoms with Gasteiger partial charge in [0.25, 0.3) is 0 Å². The lowest BCUT2D eigenvalue weighted by Gasteiger charge is -2.20. The highest BCUT2D eigenvalue weighted by Crippen LogP contribution is 2.50. The fourth-order valence-electron chi connectivity index (χ4n) is 2.75. The molecule has 21 heavy (non-hydrogen) atoms. The van der Waals surface area contributed by atoms with Gasteiger partial charge in [-0.1, -0.05) is 0 Å². The van der Waals surface area contributed by atoms with Gasteiger partial charge in [-0.05, 0) is 38.5 Å². The summed E-state index contributed by atoms with van der Waals surface area (Å²) in [7, 11) is 1.67. The zero-order chi connectivity index (χ0) is 15.6. The van der Waals surface area contributed by atoms with Crippen LogP contribution in [0.2, 0.25) is 0 Å². The Morgan fingerprint density at radius 2 is 2.10 bits per heavy atom. The maximum Gasteiger partial charge on any atom is 0.347 e. The van der Waals surface area contributed by atoms with Gasteiger partial charge in [-0.25, -0.2) is 4.79 Å². The molecule has 0 aromatic carbocycles. The highest BCUT2D eigenvalue weighted by atomic mass is 16.5. The van der Waals surface area contributed by atoms with E-state index in [2.05, 4.69) is 4.98 Å². The average Bonchev–Trinajstić information content (AvgIpc) is 3.17. The van der Waals surface area contributed by atoms with Gasteiger partial charge in [0.15, 0.2) is 0 Å². The Morgan fingerprint density at radius 1 is 1.43 bits per heavy atom. The summed E-state index contributed by atoms with van der Waals surface area (Å²) in [6, 6.07) is 0. The molecule has 6 heteroatoms. The van der Waals surface area contributed by atoms with Gasteiger partial charge in [-0.2, -0.15) is 4.98 Å². The van der Waals surface area contributed by atoms with Crippen LogP contribution in [0.4, 0.5) is 0 Å². The van der Waals surface area contributed by atoms with Crippen molar-refractivity contribution in [2.24, 2.45) is 5.41 Å². The lowest BCUT2D eigenvalue weighted by molar-refractivity contribution is -0.136. The summed E-state index contributed by atoms with van der Waals surface area (Å²) in [6.07, 6.45) is 2.96. The van der Waals surface area contributed by atoms with E-state index in [0.717, 1.165) is 25.0 Å². The molecule has 0 unspecified atom stereocenters. The van der Waals surface area contributed by atoms with Gasteiger partial charge in [0.2, 0.25) is 0 Å². The predicted octanol–water partition coefficient (Wildman–Crippen LogP) is 1.30. The monoisotopic (exact) mass is 294 g/mol. The zero-order valence-electron chi connectivity index (χ0n) is 12.8. The van der Waals surface area contributed by atoms with Crippen molar-refractivity contribution < 1.29 is 14.6 Å². The molecule has 0 spiro atoms. The largest absolute Gasteiger partial charge is 0.481 e. The third-order valence-electron chi connectivity index (χ3n) is 4.39. The number of nitrogens with zero attached hydrogens (tertiary/aromatic N) is 2. The van der Waals surface area contributed by atoms with E-state index in [1.165, 1.54) is 0 Å². The van der Waals surface area contributed by atoms with Crippen molar-refractivity contribution in [3.05, 3.63) is 27.4 Å². The van der Waals surface area contributed by atoms with Gasteiger partial charge in [0.05, 0.1) is 6.42 Å². The first-order valence-electron chi connectivity index (χ1n) is 7.16. The third kappa shape index (κ3) is 3.50. The summed E-state index contributed by atoms with van der Waals surface area (Å²) in [5.41, 5.74) is 1.70. The molecule has 1 aromatic rings. The number of aromatic nitrogens is 2. The van der Waals surface area contributed by atoms with Crippen molar-refractivity contribution in [1.82, 2.24) is 9.55 Å². The maximum atomic E-state index is 12.2. The van der Waals surface area contributed by atoms with Crippen molar-refractivity contribution in [3.8, 4) is 0 Å².